The van der Waals surface area contributed by atoms with Crippen LogP contribution >= 0.6 is 34.0 Å². The first-order valence-corrected chi connectivity index (χ1v) is 42.1. The van der Waals surface area contributed by atoms with E-state index < -0.39 is 70.4 Å². The normalized spacial score (nSPS) is 11.8. The molecule has 0 saturated heterocycles. The molecule has 10 aromatic rings. The molecule has 15 nitrogen and oxygen atoms in total. The van der Waals surface area contributed by atoms with Gasteiger partial charge >= 0.3 is 0 Å². The number of benzene rings is 7. The molecule has 7 aromatic carbocycles. The van der Waals surface area contributed by atoms with E-state index >= 15 is 0 Å². The summed E-state index contributed by atoms with van der Waals surface area (Å²) in [5, 5.41) is 4.36. The van der Waals surface area contributed by atoms with Crippen molar-refractivity contribution in [1.29, 1.82) is 0 Å². The highest BCUT2D eigenvalue weighted by atomic mass is 32.2. The zero-order chi connectivity index (χ0) is 72.8. The third-order valence-corrected chi connectivity index (χ3v) is 25.1. The second-order valence-corrected chi connectivity index (χ2v) is 36.0. The highest BCUT2D eigenvalue weighted by Gasteiger charge is 2.22. The van der Waals surface area contributed by atoms with Gasteiger partial charge in [-0.15, -0.1) is 34.0 Å². The van der Waals surface area contributed by atoms with Crippen LogP contribution in [0.1, 0.15) is 137 Å². The second kappa shape index (κ2) is 37.4. The van der Waals surface area contributed by atoms with E-state index in [0.29, 0.717) is 34.2 Å². The summed E-state index contributed by atoms with van der Waals surface area (Å²) in [5.41, 5.74) is 12.0. The van der Waals surface area contributed by atoms with Gasteiger partial charge in [0.05, 0.1) is 57.5 Å². The number of aryl methyl sites for hydroxylation is 11. The van der Waals surface area contributed by atoms with Gasteiger partial charge in [0.25, 0.3) is 50.6 Å². The van der Waals surface area contributed by atoms with Crippen LogP contribution in [0.15, 0.2) is 211 Å². The Kier molecular flexibility index (Phi) is 30.1. The minimum absolute atomic E-state index is 0.0236. The molecule has 0 N–H and O–H groups in total. The molecule has 0 amide bonds. The maximum Gasteiger partial charge on any atom is 0.297 e. The summed E-state index contributed by atoms with van der Waals surface area (Å²) < 4.78 is 154. The molecule has 0 atom stereocenters. The van der Waals surface area contributed by atoms with Crippen molar-refractivity contribution < 1.29 is 63.0 Å². The second-order valence-electron chi connectivity index (χ2n) is 24.3. The fraction of sp³-hybridized carbons (Fsp3) is 0.299. The average Bonchev–Trinajstić information content (AvgIpc) is 0.887. The number of unbranched alkanes of at least 4 members (excludes halogenated alkanes) is 2. The van der Waals surface area contributed by atoms with E-state index in [1.54, 1.807) is 89.2 Å². The molecule has 0 spiro atoms. The Morgan fingerprint density at radius 2 is 0.540 bits per heavy atom. The van der Waals surface area contributed by atoms with E-state index in [4.69, 9.17) is 20.9 Å². The van der Waals surface area contributed by atoms with Crippen LogP contribution in [0.4, 0.5) is 0 Å². The minimum atomic E-state index is -4.11. The summed E-state index contributed by atoms with van der Waals surface area (Å²) in [6.45, 7) is 20.7. The van der Waals surface area contributed by atoms with Crippen molar-refractivity contribution in [3.63, 3.8) is 0 Å². The van der Waals surface area contributed by atoms with Crippen molar-refractivity contribution in [2.75, 3.05) is 0 Å². The molecule has 3 heterocycles. The van der Waals surface area contributed by atoms with Crippen LogP contribution in [0.5, 0.6) is 0 Å². The highest BCUT2D eigenvalue weighted by molar-refractivity contribution is 7.87. The Morgan fingerprint density at radius 3 is 0.740 bits per heavy atom. The lowest BCUT2D eigenvalue weighted by atomic mass is 10.0. The van der Waals surface area contributed by atoms with Crippen LogP contribution < -0.4 is 0 Å². The van der Waals surface area contributed by atoms with Crippen molar-refractivity contribution in [3.8, 4) is 0 Å². The van der Waals surface area contributed by atoms with Crippen LogP contribution in [0, 0.1) is 62.3 Å². The van der Waals surface area contributed by atoms with Crippen LogP contribution in [0.2, 0.25) is 0 Å². The molecule has 0 bridgehead atoms. The quantitative estimate of drug-likeness (QED) is 0.0417. The van der Waals surface area contributed by atoms with Gasteiger partial charge in [-0.05, 0) is 228 Å². The first-order chi connectivity index (χ1) is 47.3. The van der Waals surface area contributed by atoms with Gasteiger partial charge in [-0.2, -0.15) is 42.1 Å². The SMILES string of the molecule is CCCCc1ccsc1C.CCCCc1ccsc1C.Cc1ccc(S(=O)(=O)OCc2cc(COS(=O)(=O)c3ccc(C)cc3)cc(COS(=O)(=O)c3ccc(C)cc3)c2)cc1.Cc1ccc(S(=O)(=O)OCc2cc(COS(=O)(=O)c3ccc(C)cc3)cc(Cc3cc(C)c(C)s3)c2)cc1. The third-order valence-electron chi connectivity index (χ3n) is 15.8. The largest absolute Gasteiger partial charge is 0.297 e. The topological polar surface area (TPSA) is 217 Å². The van der Waals surface area contributed by atoms with E-state index in [1.165, 1.54) is 138 Å². The van der Waals surface area contributed by atoms with Gasteiger partial charge in [0.15, 0.2) is 0 Å². The monoisotopic (exact) mass is 1510 g/mol. The van der Waals surface area contributed by atoms with Crippen molar-refractivity contribution in [2.45, 2.75) is 179 Å². The van der Waals surface area contributed by atoms with Gasteiger partial charge in [-0.1, -0.05) is 152 Å². The number of thiophene rings is 3. The molecule has 0 aliphatic carbocycles. The predicted octanol–water partition coefficient (Wildman–Crippen LogP) is 18.5. The minimum Gasteiger partial charge on any atom is -0.262 e. The fourth-order valence-corrected chi connectivity index (χ4v) is 16.9. The van der Waals surface area contributed by atoms with Crippen molar-refractivity contribution in [3.05, 3.63) is 284 Å². The van der Waals surface area contributed by atoms with Crippen molar-refractivity contribution in [1.82, 2.24) is 0 Å². The number of hydrogen-bond donors (Lipinski definition) is 0. The van der Waals surface area contributed by atoms with Gasteiger partial charge in [-0.3, -0.25) is 20.9 Å². The molecule has 10 rings (SSSR count). The van der Waals surface area contributed by atoms with Crippen molar-refractivity contribution >= 4 is 84.6 Å². The molecule has 0 unspecified atom stereocenters. The number of rotatable bonds is 28. The molecule has 0 fully saturated rings. The van der Waals surface area contributed by atoms with E-state index in [9.17, 15) is 42.1 Å². The Balaban J connectivity index is 0.000000220. The summed E-state index contributed by atoms with van der Waals surface area (Å²) in [6, 6.07) is 48.0. The fourth-order valence-electron chi connectivity index (χ4n) is 9.80. The summed E-state index contributed by atoms with van der Waals surface area (Å²) in [4.78, 5) is 5.47. The molecule has 0 aliphatic heterocycles. The first-order valence-electron chi connectivity index (χ1n) is 32.5. The van der Waals surface area contributed by atoms with Gasteiger partial charge in [-0.25, -0.2) is 0 Å². The lowest BCUT2D eigenvalue weighted by Crippen LogP contribution is -2.10. The molecule has 23 heteroatoms. The van der Waals surface area contributed by atoms with Gasteiger partial charge in [0.2, 0.25) is 0 Å². The molecular weight excluding hydrogens is 1420 g/mol. The Labute approximate surface area is 605 Å². The summed E-state index contributed by atoms with van der Waals surface area (Å²) >= 11 is 5.41. The van der Waals surface area contributed by atoms with Crippen LogP contribution in [0.3, 0.4) is 0 Å². The summed E-state index contributed by atoms with van der Waals surface area (Å²) in [6.07, 6.45) is 8.42. The molecule has 100 heavy (non-hydrogen) atoms. The highest BCUT2D eigenvalue weighted by Crippen LogP contribution is 2.28. The Bertz CT molecular complexity index is 4470. The van der Waals surface area contributed by atoms with Crippen LogP contribution in [-0.2, 0) is 124 Å². The zero-order valence-electron chi connectivity index (χ0n) is 58.3. The predicted molar refractivity (Wildman–Crippen MR) is 401 cm³/mol. The van der Waals surface area contributed by atoms with E-state index in [1.807, 2.05) is 69.4 Å². The van der Waals surface area contributed by atoms with E-state index in [0.717, 1.165) is 38.3 Å². The molecule has 0 aliphatic rings. The average molecular weight is 1510 g/mol. The Hall–Kier alpha value is -6.81. The molecule has 0 saturated carbocycles. The molecular formula is C77H88O15S8. The van der Waals surface area contributed by atoms with Crippen molar-refractivity contribution in [2.24, 2.45) is 0 Å². The van der Waals surface area contributed by atoms with Gasteiger partial charge < -0.3 is 0 Å². The van der Waals surface area contributed by atoms with Crippen LogP contribution in [0.25, 0.3) is 0 Å². The summed E-state index contributed by atoms with van der Waals surface area (Å²) in [7, 11) is -20.2. The summed E-state index contributed by atoms with van der Waals surface area (Å²) in [5.74, 6) is 0. The van der Waals surface area contributed by atoms with Gasteiger partial charge in [0, 0.05) is 25.9 Å². The van der Waals surface area contributed by atoms with E-state index in [2.05, 4.69) is 70.5 Å². The maximum absolute atomic E-state index is 12.7. The first kappa shape index (κ1) is 80.5. The van der Waals surface area contributed by atoms with Crippen LogP contribution in [-0.4, -0.2) is 42.1 Å². The lowest BCUT2D eigenvalue weighted by Gasteiger charge is -2.12. The Morgan fingerprint density at radius 1 is 0.300 bits per heavy atom. The smallest absolute Gasteiger partial charge is 0.262 e. The van der Waals surface area contributed by atoms with E-state index in [-0.39, 0.29) is 37.7 Å². The maximum atomic E-state index is 12.7. The standard InChI is InChI=1S/C30H30O9S3.C29H30O6S3.2C9H14S/c1-22-4-10-28(11-5-22)40(31,32)37-19-25-16-26(20-38-41(33,34)29-12-6-23(2)7-13-29)18-27(17-25)21-39-42(35,36)30-14-8-24(3)9-15-30;1-20-5-9-28(10-6-20)37(30,31)34-18-25-14-24(17-27-13-22(3)23(4)36-27)15-26(16-25)19-35-38(32,33)29-11-7-21(2)8-12-29;2*1-3-4-5-9-6-7-10-8(9)2/h4-18H,19-21H2,1-3H3;5-16H,17-19H2,1-4H3;2*6-7H,3-5H2,1-2H3. The lowest BCUT2D eigenvalue weighted by molar-refractivity contribution is 0.297. The third kappa shape index (κ3) is 25.3. The van der Waals surface area contributed by atoms with Gasteiger partial charge in [0.1, 0.15) is 0 Å². The molecule has 534 valence electrons. The zero-order valence-corrected chi connectivity index (χ0v) is 64.8. The molecule has 0 radical (unpaired) electrons. The number of hydrogen-bond acceptors (Lipinski definition) is 18. The molecule has 3 aromatic heterocycles.